The van der Waals surface area contributed by atoms with Crippen LogP contribution in [-0.4, -0.2) is 34.9 Å². The van der Waals surface area contributed by atoms with Crippen LogP contribution in [0.25, 0.3) is 0 Å². The minimum absolute atomic E-state index is 0.216. The highest BCUT2D eigenvalue weighted by atomic mass is 19.1. The number of nitro benzene ring substituents is 1. The third-order valence-corrected chi connectivity index (χ3v) is 2.81. The Morgan fingerprint density at radius 2 is 1.91 bits per heavy atom. The highest BCUT2D eigenvalue weighted by Crippen LogP contribution is 2.28. The molecule has 0 saturated carbocycles. The molecule has 0 saturated heterocycles. The van der Waals surface area contributed by atoms with Gasteiger partial charge in [0.1, 0.15) is 23.7 Å². The van der Waals surface area contributed by atoms with Crippen LogP contribution in [0.1, 0.15) is 32.4 Å². The molecule has 0 spiro atoms. The van der Waals surface area contributed by atoms with Crippen LogP contribution in [0.2, 0.25) is 0 Å². The van der Waals surface area contributed by atoms with E-state index in [0.717, 1.165) is 4.90 Å². The molecule has 0 aliphatic heterocycles. The summed E-state index contributed by atoms with van der Waals surface area (Å²) in [6.45, 7) is 4.79. The second-order valence-electron chi connectivity index (χ2n) is 5.75. The van der Waals surface area contributed by atoms with Crippen LogP contribution in [0.5, 0.6) is 0 Å². The molecule has 0 radical (unpaired) electrons. The zero-order valence-corrected chi connectivity index (χ0v) is 13.0. The first-order chi connectivity index (χ1) is 10.5. The Morgan fingerprint density at radius 3 is 2.35 bits per heavy atom. The highest BCUT2D eigenvalue weighted by molar-refractivity contribution is 5.74. The zero-order valence-electron chi connectivity index (χ0n) is 13.0. The van der Waals surface area contributed by atoms with E-state index in [9.17, 15) is 28.5 Å². The monoisotopic (exact) mass is 330 g/mol. The van der Waals surface area contributed by atoms with E-state index in [-0.39, 0.29) is 6.29 Å². The van der Waals surface area contributed by atoms with Gasteiger partial charge < -0.3 is 9.53 Å². The van der Waals surface area contributed by atoms with Gasteiger partial charge >= 0.3 is 11.8 Å². The van der Waals surface area contributed by atoms with Gasteiger partial charge in [0, 0.05) is 12.6 Å². The van der Waals surface area contributed by atoms with Gasteiger partial charge in [-0.15, -0.1) is 0 Å². The number of benzene rings is 1. The number of rotatable bonds is 4. The van der Waals surface area contributed by atoms with E-state index in [4.69, 9.17) is 4.74 Å². The van der Waals surface area contributed by atoms with Crippen molar-refractivity contribution in [3.05, 3.63) is 39.4 Å². The third-order valence-electron chi connectivity index (χ3n) is 2.81. The number of hydrogen-bond donors (Lipinski definition) is 0. The van der Waals surface area contributed by atoms with Crippen molar-refractivity contribution in [1.82, 2.24) is 4.90 Å². The lowest BCUT2D eigenvalue weighted by molar-refractivity contribution is -0.387. The van der Waals surface area contributed by atoms with E-state index in [1.54, 1.807) is 20.8 Å². The molecule has 0 heterocycles. The van der Waals surface area contributed by atoms with Crippen molar-refractivity contribution in [3.63, 3.8) is 0 Å². The predicted molar refractivity (Wildman–Crippen MR) is 75.8 cm³/mol. The molecule has 9 heteroatoms. The molecule has 7 nitrogen and oxygen atoms in total. The van der Waals surface area contributed by atoms with Crippen molar-refractivity contribution in [3.8, 4) is 0 Å². The van der Waals surface area contributed by atoms with Crippen LogP contribution in [0.4, 0.5) is 19.3 Å². The molecule has 1 aromatic carbocycles. The van der Waals surface area contributed by atoms with Crippen molar-refractivity contribution in [1.29, 1.82) is 0 Å². The van der Waals surface area contributed by atoms with Crippen LogP contribution in [0.3, 0.4) is 0 Å². The summed E-state index contributed by atoms with van der Waals surface area (Å²) in [5.41, 5.74) is -2.41. The quantitative estimate of drug-likeness (QED) is 0.481. The third kappa shape index (κ3) is 4.44. The molecular weight excluding hydrogens is 314 g/mol. The topological polar surface area (TPSA) is 89.8 Å². The van der Waals surface area contributed by atoms with Gasteiger partial charge in [0.15, 0.2) is 0 Å². The number of nitro groups is 1. The summed E-state index contributed by atoms with van der Waals surface area (Å²) < 4.78 is 32.7. The Kier molecular flexibility index (Phi) is 5.36. The minimum Gasteiger partial charge on any atom is -0.444 e. The van der Waals surface area contributed by atoms with Crippen molar-refractivity contribution in [2.45, 2.75) is 32.4 Å². The predicted octanol–water partition coefficient (Wildman–Crippen LogP) is 2.98. The number of carbonyl (C=O) groups is 2. The molecule has 23 heavy (non-hydrogen) atoms. The van der Waals surface area contributed by atoms with Crippen molar-refractivity contribution >= 4 is 18.1 Å². The summed E-state index contributed by atoms with van der Waals surface area (Å²) >= 11 is 0. The average molecular weight is 330 g/mol. The molecule has 0 aliphatic rings. The number of halogens is 2. The molecular formula is C14H16F2N2O5. The van der Waals surface area contributed by atoms with Gasteiger partial charge in [0.05, 0.1) is 11.0 Å². The molecule has 0 bridgehead atoms. The van der Waals surface area contributed by atoms with Crippen molar-refractivity contribution in [2.75, 3.05) is 7.05 Å². The zero-order chi connectivity index (χ0) is 17.9. The Morgan fingerprint density at radius 1 is 1.35 bits per heavy atom. The smallest absolute Gasteiger partial charge is 0.410 e. The lowest BCUT2D eigenvalue weighted by Gasteiger charge is -2.28. The number of nitrogens with zero attached hydrogens (tertiary/aromatic N) is 2. The fraction of sp³-hybridized carbons (Fsp3) is 0.429. The fourth-order valence-electron chi connectivity index (χ4n) is 1.74. The maximum absolute atomic E-state index is 14.0. The first-order valence-corrected chi connectivity index (χ1v) is 6.52. The number of carbonyl (C=O) groups excluding carboxylic acids is 2. The van der Waals surface area contributed by atoms with Gasteiger partial charge in [-0.05, 0) is 26.8 Å². The number of aldehydes is 1. The Balaban J connectivity index is 3.20. The van der Waals surface area contributed by atoms with Gasteiger partial charge in [-0.25, -0.2) is 9.18 Å². The molecule has 0 N–H and O–H groups in total. The Hall–Kier alpha value is -2.58. The number of hydrogen-bond acceptors (Lipinski definition) is 5. The van der Waals surface area contributed by atoms with E-state index < -0.39 is 45.5 Å². The SMILES string of the molecule is CN(C(=O)OC(C)(C)C)C(C=O)c1cc(F)c([N+](=O)[O-])cc1F. The molecule has 1 atom stereocenters. The second-order valence-corrected chi connectivity index (χ2v) is 5.75. The lowest BCUT2D eigenvalue weighted by atomic mass is 10.1. The molecule has 0 fully saturated rings. The molecule has 1 unspecified atom stereocenters. The number of ether oxygens (including phenoxy) is 1. The minimum atomic E-state index is -1.49. The molecule has 1 amide bonds. The summed E-state index contributed by atoms with van der Waals surface area (Å²) in [5, 5.41) is 10.6. The van der Waals surface area contributed by atoms with Crippen LogP contribution < -0.4 is 0 Å². The van der Waals surface area contributed by atoms with Gasteiger partial charge in [-0.2, -0.15) is 4.39 Å². The van der Waals surface area contributed by atoms with E-state index in [1.165, 1.54) is 7.05 Å². The van der Waals surface area contributed by atoms with Crippen LogP contribution in [-0.2, 0) is 9.53 Å². The highest BCUT2D eigenvalue weighted by Gasteiger charge is 2.30. The first kappa shape index (κ1) is 18.5. The van der Waals surface area contributed by atoms with Crippen molar-refractivity contribution < 1.29 is 28.0 Å². The fourth-order valence-corrected chi connectivity index (χ4v) is 1.74. The summed E-state index contributed by atoms with van der Waals surface area (Å²) in [6.07, 6.45) is -0.707. The van der Waals surface area contributed by atoms with Crippen LogP contribution in [0.15, 0.2) is 12.1 Å². The number of likely N-dealkylation sites (N-methyl/N-ethyl adjacent to an activating group) is 1. The maximum Gasteiger partial charge on any atom is 0.410 e. The summed E-state index contributed by atoms with van der Waals surface area (Å²) in [4.78, 5) is 33.4. The van der Waals surface area contributed by atoms with E-state index in [0.29, 0.717) is 12.1 Å². The maximum atomic E-state index is 14.0. The lowest BCUT2D eigenvalue weighted by Crippen LogP contribution is -2.37. The first-order valence-electron chi connectivity index (χ1n) is 6.52. The van der Waals surface area contributed by atoms with E-state index in [2.05, 4.69) is 0 Å². The molecule has 126 valence electrons. The molecule has 0 aromatic heterocycles. The average Bonchev–Trinajstić information content (AvgIpc) is 2.40. The molecule has 1 aromatic rings. The van der Waals surface area contributed by atoms with Crippen molar-refractivity contribution in [2.24, 2.45) is 0 Å². The van der Waals surface area contributed by atoms with E-state index in [1.807, 2.05) is 0 Å². The van der Waals surface area contributed by atoms with Gasteiger partial charge in [0.2, 0.25) is 5.82 Å². The Bertz CT molecular complexity index is 643. The van der Waals surface area contributed by atoms with Gasteiger partial charge in [-0.3, -0.25) is 15.0 Å². The van der Waals surface area contributed by atoms with E-state index >= 15 is 0 Å². The standard InChI is InChI=1S/C14H16F2N2O5/c1-14(2,3)23-13(20)17(4)12(7-19)8-5-10(16)11(18(21)22)6-9(8)15/h5-7,12H,1-4H3. The number of amides is 1. The molecule has 0 aliphatic carbocycles. The van der Waals surface area contributed by atoms with Crippen LogP contribution in [0, 0.1) is 21.7 Å². The summed E-state index contributed by atoms with van der Waals surface area (Å²) in [6, 6.07) is -0.600. The largest absolute Gasteiger partial charge is 0.444 e. The van der Waals surface area contributed by atoms with Gasteiger partial charge in [0.25, 0.3) is 0 Å². The second kappa shape index (κ2) is 6.67. The normalized spacial score (nSPS) is 12.4. The van der Waals surface area contributed by atoms with Gasteiger partial charge in [-0.1, -0.05) is 0 Å². The summed E-state index contributed by atoms with van der Waals surface area (Å²) in [5.74, 6) is -2.48. The molecule has 1 rings (SSSR count). The summed E-state index contributed by atoms with van der Waals surface area (Å²) in [7, 11) is 1.17. The Labute approximate surface area is 131 Å². The van der Waals surface area contributed by atoms with Crippen LogP contribution >= 0.6 is 0 Å².